The van der Waals surface area contributed by atoms with E-state index in [1.807, 2.05) is 26.0 Å². The van der Waals surface area contributed by atoms with Crippen LogP contribution in [0.2, 0.25) is 0 Å². The van der Waals surface area contributed by atoms with Crippen LogP contribution in [-0.2, 0) is 0 Å². The number of hydrogen-bond acceptors (Lipinski definition) is 4. The molecule has 0 N–H and O–H groups in total. The van der Waals surface area contributed by atoms with Gasteiger partial charge in [-0.05, 0) is 23.6 Å². The second-order valence-corrected chi connectivity index (χ2v) is 4.31. The summed E-state index contributed by atoms with van der Waals surface area (Å²) >= 11 is 0. The van der Waals surface area contributed by atoms with Crippen molar-refractivity contribution in [2.75, 3.05) is 21.3 Å². The molecule has 0 saturated carbocycles. The van der Waals surface area contributed by atoms with Gasteiger partial charge in [0.15, 0.2) is 11.5 Å². The molecule has 1 rings (SSSR count). The van der Waals surface area contributed by atoms with Crippen LogP contribution in [0.5, 0.6) is 17.2 Å². The predicted octanol–water partition coefficient (Wildman–Crippen LogP) is 2.98. The molecule has 4 nitrogen and oxygen atoms in total. The summed E-state index contributed by atoms with van der Waals surface area (Å²) in [6.45, 7) is 4.02. The first-order chi connectivity index (χ1) is 8.58. The van der Waals surface area contributed by atoms with Crippen LogP contribution in [0, 0.1) is 17.2 Å². The van der Waals surface area contributed by atoms with Crippen molar-refractivity contribution in [2.24, 2.45) is 5.92 Å². The fourth-order valence-corrected chi connectivity index (χ4v) is 1.89. The number of benzene rings is 1. The van der Waals surface area contributed by atoms with Gasteiger partial charge in [0.1, 0.15) is 0 Å². The molecular weight excluding hydrogens is 230 g/mol. The van der Waals surface area contributed by atoms with Gasteiger partial charge >= 0.3 is 0 Å². The molecule has 0 saturated heterocycles. The van der Waals surface area contributed by atoms with Crippen LogP contribution < -0.4 is 14.2 Å². The molecule has 18 heavy (non-hydrogen) atoms. The van der Waals surface area contributed by atoms with Crippen LogP contribution in [0.25, 0.3) is 0 Å². The SMILES string of the molecule is COc1cc([C@H](C#N)C(C)C)cc(OC)c1OC. The van der Waals surface area contributed by atoms with E-state index < -0.39 is 0 Å². The van der Waals surface area contributed by atoms with Crippen molar-refractivity contribution in [3.8, 4) is 23.3 Å². The third-order valence-electron chi connectivity index (χ3n) is 2.85. The Labute approximate surface area is 108 Å². The van der Waals surface area contributed by atoms with E-state index >= 15 is 0 Å². The molecule has 98 valence electrons. The van der Waals surface area contributed by atoms with E-state index in [2.05, 4.69) is 6.07 Å². The molecule has 4 heteroatoms. The van der Waals surface area contributed by atoms with E-state index in [4.69, 9.17) is 14.2 Å². The minimum atomic E-state index is -0.196. The van der Waals surface area contributed by atoms with Gasteiger partial charge in [-0.1, -0.05) is 13.8 Å². The maximum absolute atomic E-state index is 9.24. The highest BCUT2D eigenvalue weighted by Crippen LogP contribution is 2.41. The van der Waals surface area contributed by atoms with Crippen molar-refractivity contribution in [1.82, 2.24) is 0 Å². The molecule has 1 atom stereocenters. The fraction of sp³-hybridized carbons (Fsp3) is 0.500. The average Bonchev–Trinajstić information content (AvgIpc) is 2.37. The number of hydrogen-bond donors (Lipinski definition) is 0. The summed E-state index contributed by atoms with van der Waals surface area (Å²) in [6, 6.07) is 5.96. The van der Waals surface area contributed by atoms with E-state index in [1.165, 1.54) is 0 Å². The molecular formula is C14H19NO3. The normalized spacial score (nSPS) is 11.8. The van der Waals surface area contributed by atoms with Crippen molar-refractivity contribution in [1.29, 1.82) is 5.26 Å². The van der Waals surface area contributed by atoms with Crippen molar-refractivity contribution in [3.05, 3.63) is 17.7 Å². The molecule has 1 aromatic carbocycles. The highest BCUT2D eigenvalue weighted by molar-refractivity contribution is 5.55. The molecule has 0 unspecified atom stereocenters. The zero-order chi connectivity index (χ0) is 13.7. The zero-order valence-corrected chi connectivity index (χ0v) is 11.5. The van der Waals surface area contributed by atoms with Gasteiger partial charge in [0, 0.05) is 0 Å². The predicted molar refractivity (Wildman–Crippen MR) is 69.3 cm³/mol. The molecule has 0 spiro atoms. The van der Waals surface area contributed by atoms with Gasteiger partial charge in [-0.3, -0.25) is 0 Å². The van der Waals surface area contributed by atoms with Crippen LogP contribution in [0.15, 0.2) is 12.1 Å². The topological polar surface area (TPSA) is 51.5 Å². The number of methoxy groups -OCH3 is 3. The van der Waals surface area contributed by atoms with Crippen molar-refractivity contribution in [2.45, 2.75) is 19.8 Å². The largest absolute Gasteiger partial charge is 0.493 e. The molecule has 1 aromatic rings. The number of ether oxygens (including phenoxy) is 3. The Hall–Kier alpha value is -1.89. The smallest absolute Gasteiger partial charge is 0.203 e. The summed E-state index contributed by atoms with van der Waals surface area (Å²) in [5.41, 5.74) is 0.877. The summed E-state index contributed by atoms with van der Waals surface area (Å²) in [5.74, 6) is 1.72. The molecule has 0 bridgehead atoms. The van der Waals surface area contributed by atoms with Gasteiger partial charge in [0.05, 0.1) is 33.3 Å². The highest BCUT2D eigenvalue weighted by Gasteiger charge is 2.20. The first kappa shape index (κ1) is 14.2. The van der Waals surface area contributed by atoms with Crippen LogP contribution in [0.3, 0.4) is 0 Å². The van der Waals surface area contributed by atoms with Crippen LogP contribution in [0.1, 0.15) is 25.3 Å². The van der Waals surface area contributed by atoms with E-state index in [0.29, 0.717) is 17.2 Å². The maximum Gasteiger partial charge on any atom is 0.203 e. The Morgan fingerprint density at radius 3 is 1.78 bits per heavy atom. The van der Waals surface area contributed by atoms with Crippen LogP contribution in [0.4, 0.5) is 0 Å². The third-order valence-corrected chi connectivity index (χ3v) is 2.85. The summed E-state index contributed by atoms with van der Waals surface area (Å²) in [7, 11) is 4.69. The maximum atomic E-state index is 9.24. The molecule has 0 aliphatic carbocycles. The van der Waals surface area contributed by atoms with E-state index in [1.54, 1.807) is 21.3 Å². The number of nitriles is 1. The molecule has 0 fully saturated rings. The first-order valence-corrected chi connectivity index (χ1v) is 5.78. The minimum Gasteiger partial charge on any atom is -0.493 e. The Morgan fingerprint density at radius 1 is 1.00 bits per heavy atom. The van der Waals surface area contributed by atoms with Crippen molar-refractivity contribution < 1.29 is 14.2 Å². The summed E-state index contributed by atoms with van der Waals surface area (Å²) < 4.78 is 15.8. The molecule has 0 amide bonds. The van der Waals surface area contributed by atoms with Crippen molar-refractivity contribution >= 4 is 0 Å². The minimum absolute atomic E-state index is 0.196. The number of rotatable bonds is 5. The van der Waals surface area contributed by atoms with Gasteiger partial charge in [-0.25, -0.2) is 0 Å². The number of nitrogens with zero attached hydrogens (tertiary/aromatic N) is 1. The average molecular weight is 249 g/mol. The Morgan fingerprint density at radius 2 is 1.50 bits per heavy atom. The molecule has 0 aliphatic rings. The van der Waals surface area contributed by atoms with Gasteiger partial charge in [0.25, 0.3) is 0 Å². The first-order valence-electron chi connectivity index (χ1n) is 5.78. The van der Waals surface area contributed by atoms with Gasteiger partial charge in [-0.15, -0.1) is 0 Å². The Bertz CT molecular complexity index is 424. The van der Waals surface area contributed by atoms with Gasteiger partial charge in [-0.2, -0.15) is 5.26 Å². The lowest BCUT2D eigenvalue weighted by Gasteiger charge is -2.18. The fourth-order valence-electron chi connectivity index (χ4n) is 1.89. The van der Waals surface area contributed by atoms with E-state index in [0.717, 1.165) is 5.56 Å². The van der Waals surface area contributed by atoms with Gasteiger partial charge in [0.2, 0.25) is 5.75 Å². The molecule has 0 aromatic heterocycles. The quantitative estimate of drug-likeness (QED) is 0.805. The second kappa shape index (κ2) is 6.15. The van der Waals surface area contributed by atoms with E-state index in [-0.39, 0.29) is 11.8 Å². The standard InChI is InChI=1S/C14H19NO3/c1-9(2)11(8-15)10-6-12(16-3)14(18-5)13(7-10)17-4/h6-7,9,11H,1-5H3/t11-/m1/s1. The summed E-state index contributed by atoms with van der Waals surface area (Å²) in [4.78, 5) is 0. The Kier molecular flexibility index (Phi) is 4.85. The zero-order valence-electron chi connectivity index (χ0n) is 11.5. The van der Waals surface area contributed by atoms with Crippen LogP contribution in [-0.4, -0.2) is 21.3 Å². The molecule has 0 aliphatic heterocycles. The lowest BCUT2D eigenvalue weighted by Crippen LogP contribution is -2.06. The lowest BCUT2D eigenvalue weighted by atomic mass is 9.89. The molecule has 0 heterocycles. The monoisotopic (exact) mass is 249 g/mol. The summed E-state index contributed by atoms with van der Waals surface area (Å²) in [5, 5.41) is 9.24. The lowest BCUT2D eigenvalue weighted by molar-refractivity contribution is 0.323. The molecule has 0 radical (unpaired) electrons. The second-order valence-electron chi connectivity index (χ2n) is 4.31. The summed E-state index contributed by atoms with van der Waals surface area (Å²) in [6.07, 6.45) is 0. The van der Waals surface area contributed by atoms with Crippen molar-refractivity contribution in [3.63, 3.8) is 0 Å². The highest BCUT2D eigenvalue weighted by atomic mass is 16.5. The van der Waals surface area contributed by atoms with E-state index in [9.17, 15) is 5.26 Å². The third kappa shape index (κ3) is 2.67. The van der Waals surface area contributed by atoms with Crippen LogP contribution >= 0.6 is 0 Å². The van der Waals surface area contributed by atoms with Gasteiger partial charge < -0.3 is 14.2 Å². The Balaban J connectivity index is 3.36.